The van der Waals surface area contributed by atoms with Crippen LogP contribution in [0.5, 0.6) is 0 Å². The summed E-state index contributed by atoms with van der Waals surface area (Å²) in [6.45, 7) is 6.77. The van der Waals surface area contributed by atoms with Gasteiger partial charge in [-0.1, -0.05) is 56.6 Å². The number of rotatable bonds is 5. The molecule has 29 heavy (non-hydrogen) atoms. The quantitative estimate of drug-likeness (QED) is 0.558. The molecule has 0 N–H and O–H groups in total. The molecule has 1 amide bonds. The van der Waals surface area contributed by atoms with Gasteiger partial charge >= 0.3 is 0 Å². The highest BCUT2D eigenvalue weighted by Gasteiger charge is 2.34. The van der Waals surface area contributed by atoms with Crippen LogP contribution < -0.4 is 0 Å². The first-order valence-electron chi connectivity index (χ1n) is 9.82. The van der Waals surface area contributed by atoms with Gasteiger partial charge in [0.05, 0.1) is 17.1 Å². The number of halogens is 1. The molecule has 0 saturated heterocycles. The minimum Gasteiger partial charge on any atom is -0.419 e. The number of amides is 1. The van der Waals surface area contributed by atoms with Gasteiger partial charge in [0.25, 0.3) is 5.91 Å². The van der Waals surface area contributed by atoms with Gasteiger partial charge in [0, 0.05) is 11.6 Å². The Hall–Kier alpha value is -2.66. The number of hydrogen-bond acceptors (Lipinski definition) is 4. The number of nitrogens with zero attached hydrogens (tertiary/aromatic N) is 3. The van der Waals surface area contributed by atoms with E-state index in [1.807, 2.05) is 47.4 Å². The van der Waals surface area contributed by atoms with Crippen molar-refractivity contribution in [1.29, 1.82) is 0 Å². The normalized spacial score (nSPS) is 14.1. The van der Waals surface area contributed by atoms with Gasteiger partial charge in [-0.15, -0.1) is 10.2 Å². The zero-order valence-corrected chi connectivity index (χ0v) is 17.6. The van der Waals surface area contributed by atoms with E-state index in [4.69, 9.17) is 16.0 Å². The Bertz CT molecular complexity index is 1020. The smallest absolute Gasteiger partial charge is 0.254 e. The second kappa shape index (κ2) is 7.64. The molecule has 1 aliphatic rings. The predicted molar refractivity (Wildman–Crippen MR) is 113 cm³/mol. The monoisotopic (exact) mass is 409 g/mol. The molecule has 6 heteroatoms. The van der Waals surface area contributed by atoms with Crippen LogP contribution in [0.3, 0.4) is 0 Å². The highest BCUT2D eigenvalue weighted by molar-refractivity contribution is 6.33. The molecule has 0 bridgehead atoms. The van der Waals surface area contributed by atoms with Crippen molar-refractivity contribution in [2.24, 2.45) is 0 Å². The largest absolute Gasteiger partial charge is 0.419 e. The Balaban J connectivity index is 1.53. The molecule has 2 aromatic carbocycles. The van der Waals surface area contributed by atoms with Crippen LogP contribution in [0, 0.1) is 0 Å². The van der Waals surface area contributed by atoms with Crippen LogP contribution in [-0.4, -0.2) is 27.0 Å². The highest BCUT2D eigenvalue weighted by atomic mass is 35.5. The molecule has 0 unspecified atom stereocenters. The molecule has 0 aliphatic heterocycles. The van der Waals surface area contributed by atoms with Gasteiger partial charge in [0.2, 0.25) is 11.8 Å². The summed E-state index contributed by atoms with van der Waals surface area (Å²) in [7, 11) is 0. The summed E-state index contributed by atoms with van der Waals surface area (Å²) in [4.78, 5) is 15.0. The van der Waals surface area contributed by atoms with Crippen LogP contribution in [0.4, 0.5) is 0 Å². The SMILES string of the molecule is CC(C)(C)c1ccc(C(=O)N(Cc2nnc(-c3ccccc3Cl)o2)C2CC2)cc1. The van der Waals surface area contributed by atoms with E-state index in [1.165, 1.54) is 5.56 Å². The average Bonchev–Trinajstić information content (AvgIpc) is 3.43. The molecule has 5 nitrogen and oxygen atoms in total. The second-order valence-electron chi connectivity index (χ2n) is 8.47. The third-order valence-electron chi connectivity index (χ3n) is 5.12. The van der Waals surface area contributed by atoms with Crippen LogP contribution in [0.25, 0.3) is 11.5 Å². The fourth-order valence-electron chi connectivity index (χ4n) is 3.24. The van der Waals surface area contributed by atoms with E-state index < -0.39 is 0 Å². The third kappa shape index (κ3) is 4.35. The molecule has 1 saturated carbocycles. The van der Waals surface area contributed by atoms with E-state index in [1.54, 1.807) is 6.07 Å². The summed E-state index contributed by atoms with van der Waals surface area (Å²) in [6, 6.07) is 15.4. The lowest BCUT2D eigenvalue weighted by atomic mass is 9.86. The molecule has 150 valence electrons. The summed E-state index contributed by atoms with van der Waals surface area (Å²) >= 11 is 6.22. The molecule has 1 aromatic heterocycles. The fraction of sp³-hybridized carbons (Fsp3) is 0.348. The number of aromatic nitrogens is 2. The van der Waals surface area contributed by atoms with Gasteiger partial charge < -0.3 is 9.32 Å². The van der Waals surface area contributed by atoms with E-state index in [-0.39, 0.29) is 17.4 Å². The van der Waals surface area contributed by atoms with Crippen molar-refractivity contribution in [3.63, 3.8) is 0 Å². The number of benzene rings is 2. The number of hydrogen-bond donors (Lipinski definition) is 0. The van der Waals surface area contributed by atoms with Crippen LogP contribution in [0.1, 0.15) is 55.4 Å². The van der Waals surface area contributed by atoms with Crippen LogP contribution >= 0.6 is 11.6 Å². The van der Waals surface area contributed by atoms with Crippen LogP contribution in [0.2, 0.25) is 5.02 Å². The minimum absolute atomic E-state index is 0.00884. The van der Waals surface area contributed by atoms with E-state index >= 15 is 0 Å². The number of carbonyl (C=O) groups is 1. The summed E-state index contributed by atoms with van der Waals surface area (Å²) in [6.07, 6.45) is 1.99. The molecule has 1 aliphatic carbocycles. The van der Waals surface area contributed by atoms with Crippen molar-refractivity contribution >= 4 is 17.5 Å². The lowest BCUT2D eigenvalue weighted by molar-refractivity contribution is 0.0714. The van der Waals surface area contributed by atoms with Gasteiger partial charge in [-0.2, -0.15) is 0 Å². The van der Waals surface area contributed by atoms with Crippen molar-refractivity contribution in [3.05, 3.63) is 70.6 Å². The lowest BCUT2D eigenvalue weighted by Crippen LogP contribution is -2.32. The fourth-order valence-corrected chi connectivity index (χ4v) is 3.45. The Morgan fingerprint density at radius 3 is 2.41 bits per heavy atom. The first kappa shape index (κ1) is 19.6. The van der Waals surface area contributed by atoms with Gasteiger partial charge in [0.1, 0.15) is 0 Å². The van der Waals surface area contributed by atoms with Gasteiger partial charge in [-0.3, -0.25) is 4.79 Å². The van der Waals surface area contributed by atoms with Crippen molar-refractivity contribution in [3.8, 4) is 11.5 Å². The van der Waals surface area contributed by atoms with Gasteiger partial charge in [0.15, 0.2) is 0 Å². The number of carbonyl (C=O) groups excluding carboxylic acids is 1. The van der Waals surface area contributed by atoms with Gasteiger partial charge in [-0.05, 0) is 48.1 Å². The summed E-state index contributed by atoms with van der Waals surface area (Å²) in [5.41, 5.74) is 2.62. The first-order valence-corrected chi connectivity index (χ1v) is 10.2. The lowest BCUT2D eigenvalue weighted by Gasteiger charge is -2.22. The van der Waals surface area contributed by atoms with E-state index in [2.05, 4.69) is 31.0 Å². The molecule has 1 heterocycles. The Morgan fingerprint density at radius 1 is 1.10 bits per heavy atom. The summed E-state index contributed by atoms with van der Waals surface area (Å²) in [5, 5.41) is 8.80. The second-order valence-corrected chi connectivity index (χ2v) is 8.88. The highest BCUT2D eigenvalue weighted by Crippen LogP contribution is 2.31. The van der Waals surface area contributed by atoms with E-state index in [0.717, 1.165) is 12.8 Å². The maximum atomic E-state index is 13.1. The average molecular weight is 410 g/mol. The van der Waals surface area contributed by atoms with E-state index in [9.17, 15) is 4.79 Å². The molecule has 1 fully saturated rings. The maximum Gasteiger partial charge on any atom is 0.254 e. The van der Waals surface area contributed by atoms with Crippen molar-refractivity contribution in [2.45, 2.75) is 51.6 Å². The molecule has 0 radical (unpaired) electrons. The predicted octanol–water partition coefficient (Wildman–Crippen LogP) is 5.49. The Morgan fingerprint density at radius 2 is 1.79 bits per heavy atom. The zero-order chi connectivity index (χ0) is 20.6. The molecular weight excluding hydrogens is 386 g/mol. The minimum atomic E-state index is -0.00884. The van der Waals surface area contributed by atoms with Crippen LogP contribution in [-0.2, 0) is 12.0 Å². The molecule has 3 aromatic rings. The zero-order valence-electron chi connectivity index (χ0n) is 16.9. The third-order valence-corrected chi connectivity index (χ3v) is 5.45. The molecule has 0 spiro atoms. The Labute approximate surface area is 175 Å². The topological polar surface area (TPSA) is 59.2 Å². The first-order chi connectivity index (χ1) is 13.8. The van der Waals surface area contributed by atoms with Gasteiger partial charge in [-0.25, -0.2) is 0 Å². The standard InChI is InChI=1S/C23H24ClN3O2/c1-23(2,3)16-10-8-15(9-11-16)22(28)27(17-12-13-17)14-20-25-26-21(29-20)18-6-4-5-7-19(18)24/h4-11,17H,12-14H2,1-3H3. The van der Waals surface area contributed by atoms with Crippen molar-refractivity contribution < 1.29 is 9.21 Å². The van der Waals surface area contributed by atoms with Crippen molar-refractivity contribution in [2.75, 3.05) is 0 Å². The van der Waals surface area contributed by atoms with Crippen molar-refractivity contribution in [1.82, 2.24) is 15.1 Å². The molecule has 4 rings (SSSR count). The Kier molecular flexibility index (Phi) is 5.17. The van der Waals surface area contributed by atoms with Crippen LogP contribution in [0.15, 0.2) is 52.9 Å². The maximum absolute atomic E-state index is 13.1. The summed E-state index contributed by atoms with van der Waals surface area (Å²) < 4.78 is 5.81. The van der Waals surface area contributed by atoms with E-state index in [0.29, 0.717) is 34.5 Å². The molecular formula is C23H24ClN3O2. The molecule has 0 atom stereocenters. The summed E-state index contributed by atoms with van der Waals surface area (Å²) in [5.74, 6) is 0.764.